The monoisotopic (exact) mass is 178 g/mol. The summed E-state index contributed by atoms with van der Waals surface area (Å²) in [7, 11) is 0. The van der Waals surface area contributed by atoms with Crippen molar-refractivity contribution in [3.63, 3.8) is 0 Å². The second-order valence-corrected chi connectivity index (χ2v) is 5.16. The van der Waals surface area contributed by atoms with E-state index in [2.05, 4.69) is 13.5 Å². The summed E-state index contributed by atoms with van der Waals surface area (Å²) < 4.78 is 0. The molecule has 2 atom stereocenters. The molecule has 0 aromatic carbocycles. The van der Waals surface area contributed by atoms with Gasteiger partial charge in [0.05, 0.1) is 0 Å². The summed E-state index contributed by atoms with van der Waals surface area (Å²) in [4.78, 5) is 0. The van der Waals surface area contributed by atoms with Crippen molar-refractivity contribution in [3.05, 3.63) is 12.2 Å². The molecule has 0 N–H and O–H groups in total. The van der Waals surface area contributed by atoms with E-state index < -0.39 is 0 Å². The van der Waals surface area contributed by atoms with Crippen LogP contribution in [0.3, 0.4) is 0 Å². The van der Waals surface area contributed by atoms with Gasteiger partial charge < -0.3 is 0 Å². The van der Waals surface area contributed by atoms with E-state index in [1.54, 1.807) is 0 Å². The summed E-state index contributed by atoms with van der Waals surface area (Å²) >= 11 is 0. The minimum Gasteiger partial charge on any atom is -0.0999 e. The van der Waals surface area contributed by atoms with Gasteiger partial charge in [0.1, 0.15) is 0 Å². The van der Waals surface area contributed by atoms with Crippen LogP contribution >= 0.6 is 0 Å². The van der Waals surface area contributed by atoms with Crippen molar-refractivity contribution in [1.82, 2.24) is 0 Å². The fourth-order valence-corrected chi connectivity index (χ4v) is 3.28. The van der Waals surface area contributed by atoms with Crippen LogP contribution < -0.4 is 0 Å². The van der Waals surface area contributed by atoms with Crippen molar-refractivity contribution < 1.29 is 0 Å². The highest BCUT2D eigenvalue weighted by Gasteiger charge is 2.30. The predicted octanol–water partition coefficient (Wildman–Crippen LogP) is 4.17. The van der Waals surface area contributed by atoms with Crippen LogP contribution in [0.5, 0.6) is 0 Å². The first-order valence-electron chi connectivity index (χ1n) is 5.94. The lowest BCUT2D eigenvalue weighted by atomic mass is 9.81. The molecule has 0 aromatic heterocycles. The Morgan fingerprint density at radius 2 is 1.85 bits per heavy atom. The molecule has 0 nitrogen and oxygen atoms in total. The van der Waals surface area contributed by atoms with Crippen LogP contribution in [0.4, 0.5) is 0 Å². The van der Waals surface area contributed by atoms with E-state index in [1.165, 1.54) is 50.5 Å². The second-order valence-electron chi connectivity index (χ2n) is 5.16. The van der Waals surface area contributed by atoms with Crippen molar-refractivity contribution in [2.45, 2.75) is 51.9 Å². The molecule has 2 saturated carbocycles. The Labute approximate surface area is 82.4 Å². The Morgan fingerprint density at radius 1 is 1.15 bits per heavy atom. The Bertz CT molecular complexity index is 186. The minimum absolute atomic E-state index is 0.974. The highest BCUT2D eigenvalue weighted by Crippen LogP contribution is 2.42. The van der Waals surface area contributed by atoms with Crippen LogP contribution in [0.1, 0.15) is 51.9 Å². The van der Waals surface area contributed by atoms with Crippen LogP contribution in [-0.2, 0) is 0 Å². The standard InChI is InChI=1S/C13H22/c1-10-7-8-13(9-10)11(2)12-5-3-4-6-12/h11-13H,1,3-9H2,2H3. The summed E-state index contributed by atoms with van der Waals surface area (Å²) in [6.45, 7) is 6.60. The molecule has 0 heteroatoms. The van der Waals surface area contributed by atoms with Gasteiger partial charge in [0.2, 0.25) is 0 Å². The molecule has 0 heterocycles. The fourth-order valence-electron chi connectivity index (χ4n) is 3.28. The zero-order chi connectivity index (χ0) is 9.26. The van der Waals surface area contributed by atoms with Crippen LogP contribution in [-0.4, -0.2) is 0 Å². The average molecular weight is 178 g/mol. The molecule has 74 valence electrons. The summed E-state index contributed by atoms with van der Waals surface area (Å²) in [5.41, 5.74) is 1.51. The molecule has 0 aromatic rings. The fraction of sp³-hybridized carbons (Fsp3) is 0.846. The zero-order valence-electron chi connectivity index (χ0n) is 8.89. The normalized spacial score (nSPS) is 32.7. The maximum atomic E-state index is 4.11. The molecule has 2 fully saturated rings. The van der Waals surface area contributed by atoms with E-state index >= 15 is 0 Å². The molecule has 0 radical (unpaired) electrons. The molecular formula is C13H22. The maximum absolute atomic E-state index is 4.11. The average Bonchev–Trinajstić information content (AvgIpc) is 2.72. The minimum atomic E-state index is 0.974. The first kappa shape index (κ1) is 9.30. The lowest BCUT2D eigenvalue weighted by Gasteiger charge is -2.24. The highest BCUT2D eigenvalue weighted by atomic mass is 14.4. The van der Waals surface area contributed by atoms with Gasteiger partial charge in [-0.25, -0.2) is 0 Å². The van der Waals surface area contributed by atoms with Crippen molar-refractivity contribution in [1.29, 1.82) is 0 Å². The summed E-state index contributed by atoms with van der Waals surface area (Å²) in [5, 5.41) is 0. The van der Waals surface area contributed by atoms with Crippen molar-refractivity contribution in [2.24, 2.45) is 17.8 Å². The Morgan fingerprint density at radius 3 is 2.38 bits per heavy atom. The van der Waals surface area contributed by atoms with Gasteiger partial charge in [0.15, 0.2) is 0 Å². The molecule has 0 aliphatic heterocycles. The van der Waals surface area contributed by atoms with Crippen LogP contribution in [0, 0.1) is 17.8 Å². The van der Waals surface area contributed by atoms with E-state index in [4.69, 9.17) is 0 Å². The third kappa shape index (κ3) is 1.98. The lowest BCUT2D eigenvalue weighted by molar-refractivity contribution is 0.256. The van der Waals surface area contributed by atoms with Crippen molar-refractivity contribution in [3.8, 4) is 0 Å². The highest BCUT2D eigenvalue weighted by molar-refractivity contribution is 5.03. The lowest BCUT2D eigenvalue weighted by Crippen LogP contribution is -2.16. The molecule has 2 rings (SSSR count). The topological polar surface area (TPSA) is 0 Å². The smallest absolute Gasteiger partial charge is 0.0292 e. The van der Waals surface area contributed by atoms with Gasteiger partial charge in [-0.2, -0.15) is 0 Å². The van der Waals surface area contributed by atoms with Crippen LogP contribution in [0.2, 0.25) is 0 Å². The molecule has 2 aliphatic rings. The Hall–Kier alpha value is -0.260. The Balaban J connectivity index is 1.88. The maximum Gasteiger partial charge on any atom is -0.0292 e. The number of rotatable bonds is 2. The van der Waals surface area contributed by atoms with Crippen molar-refractivity contribution in [2.75, 3.05) is 0 Å². The first-order chi connectivity index (χ1) is 6.27. The van der Waals surface area contributed by atoms with Gasteiger partial charge >= 0.3 is 0 Å². The third-order valence-electron chi connectivity index (χ3n) is 4.31. The third-order valence-corrected chi connectivity index (χ3v) is 4.31. The molecule has 2 aliphatic carbocycles. The molecule has 0 spiro atoms. The van der Waals surface area contributed by atoms with Gasteiger partial charge in [-0.15, -0.1) is 0 Å². The number of hydrogen-bond donors (Lipinski definition) is 0. The predicted molar refractivity (Wildman–Crippen MR) is 57.6 cm³/mol. The number of allylic oxidation sites excluding steroid dienone is 1. The molecule has 0 saturated heterocycles. The SMILES string of the molecule is C=C1CCC(C(C)C2CCCC2)C1. The summed E-state index contributed by atoms with van der Waals surface area (Å²) in [6, 6.07) is 0. The summed E-state index contributed by atoms with van der Waals surface area (Å²) in [6.07, 6.45) is 10.1. The van der Waals surface area contributed by atoms with Gasteiger partial charge in [-0.1, -0.05) is 44.8 Å². The van der Waals surface area contributed by atoms with Gasteiger partial charge in [0.25, 0.3) is 0 Å². The first-order valence-corrected chi connectivity index (χ1v) is 5.94. The molecule has 13 heavy (non-hydrogen) atoms. The van der Waals surface area contributed by atoms with E-state index in [0.717, 1.165) is 17.8 Å². The molecule has 0 amide bonds. The second kappa shape index (κ2) is 3.86. The van der Waals surface area contributed by atoms with Gasteiger partial charge in [-0.3, -0.25) is 0 Å². The largest absolute Gasteiger partial charge is 0.0999 e. The van der Waals surface area contributed by atoms with E-state index in [1.807, 2.05) is 0 Å². The van der Waals surface area contributed by atoms with Crippen LogP contribution in [0.25, 0.3) is 0 Å². The number of hydrogen-bond acceptors (Lipinski definition) is 0. The zero-order valence-corrected chi connectivity index (χ0v) is 8.89. The van der Waals surface area contributed by atoms with Gasteiger partial charge in [-0.05, 0) is 37.0 Å². The van der Waals surface area contributed by atoms with Crippen LogP contribution in [0.15, 0.2) is 12.2 Å². The molecular weight excluding hydrogens is 156 g/mol. The summed E-state index contributed by atoms with van der Waals surface area (Å²) in [5.74, 6) is 3.01. The van der Waals surface area contributed by atoms with Gasteiger partial charge in [0, 0.05) is 0 Å². The van der Waals surface area contributed by atoms with E-state index in [0.29, 0.717) is 0 Å². The molecule has 0 bridgehead atoms. The Kier molecular flexibility index (Phi) is 2.76. The van der Waals surface area contributed by atoms with E-state index in [9.17, 15) is 0 Å². The quantitative estimate of drug-likeness (QED) is 0.557. The van der Waals surface area contributed by atoms with Crippen molar-refractivity contribution >= 4 is 0 Å². The van der Waals surface area contributed by atoms with E-state index in [-0.39, 0.29) is 0 Å². The molecule has 2 unspecified atom stereocenters.